The summed E-state index contributed by atoms with van der Waals surface area (Å²) < 4.78 is 0. The Morgan fingerprint density at radius 2 is 2.00 bits per heavy atom. The van der Waals surface area contributed by atoms with Gasteiger partial charge in [-0.3, -0.25) is 5.43 Å². The maximum atomic E-state index is 10.9. The average molecular weight is 386 g/mol. The Labute approximate surface area is 164 Å². The van der Waals surface area contributed by atoms with Crippen molar-refractivity contribution in [2.75, 3.05) is 17.4 Å². The lowest BCUT2D eigenvalue weighted by Gasteiger charge is -2.45. The second-order valence-electron chi connectivity index (χ2n) is 7.66. The topological polar surface area (TPSA) is 64.9 Å². The van der Waals surface area contributed by atoms with Crippen LogP contribution >= 0.6 is 11.6 Å². The number of carboxylic acids is 1. The van der Waals surface area contributed by atoms with Crippen molar-refractivity contribution in [1.29, 1.82) is 0 Å². The predicted octanol–water partition coefficient (Wildman–Crippen LogP) is 5.21. The minimum Gasteiger partial charge on any atom is -0.478 e. The van der Waals surface area contributed by atoms with E-state index in [4.69, 9.17) is 16.7 Å². The quantitative estimate of drug-likeness (QED) is 0.560. The van der Waals surface area contributed by atoms with Gasteiger partial charge >= 0.3 is 5.97 Å². The number of hydrazone groups is 1. The minimum atomic E-state index is -0.951. The molecule has 5 nitrogen and oxygen atoms in total. The molecule has 1 atom stereocenters. The lowest BCUT2D eigenvalue weighted by molar-refractivity contribution is 0.0697. The zero-order chi connectivity index (χ0) is 19.8. The number of carboxylic acid groups (broad SMARTS) is 1. The van der Waals surface area contributed by atoms with E-state index in [1.807, 2.05) is 6.07 Å². The van der Waals surface area contributed by atoms with E-state index in [2.05, 4.69) is 49.3 Å². The predicted molar refractivity (Wildman–Crippen MR) is 112 cm³/mol. The number of aromatic carboxylic acids is 1. The maximum absolute atomic E-state index is 10.9. The third-order valence-corrected chi connectivity index (χ3v) is 5.61. The van der Waals surface area contributed by atoms with Gasteiger partial charge in [-0.2, -0.15) is 5.10 Å². The second-order valence-corrected chi connectivity index (χ2v) is 8.07. The average Bonchev–Trinajstić information content (AvgIpc) is 2.61. The lowest BCUT2D eigenvalue weighted by Crippen LogP contribution is -2.45. The SMILES string of the molecule is C[C@H]1CC(C)(C)N(C)c2cc(Cl)c(/C=N/Nc3ccc(C(=O)O)cc3)cc21. The van der Waals surface area contributed by atoms with Crippen molar-refractivity contribution in [3.8, 4) is 0 Å². The fourth-order valence-electron chi connectivity index (χ4n) is 3.57. The molecule has 0 saturated carbocycles. The van der Waals surface area contributed by atoms with E-state index in [9.17, 15) is 4.79 Å². The van der Waals surface area contributed by atoms with Crippen molar-refractivity contribution in [3.05, 3.63) is 58.1 Å². The van der Waals surface area contributed by atoms with Crippen molar-refractivity contribution in [2.24, 2.45) is 5.10 Å². The Balaban J connectivity index is 1.81. The lowest BCUT2D eigenvalue weighted by atomic mass is 9.80. The fraction of sp³-hybridized carbons (Fsp3) is 0.333. The maximum Gasteiger partial charge on any atom is 0.335 e. The van der Waals surface area contributed by atoms with Gasteiger partial charge < -0.3 is 10.0 Å². The molecule has 0 aromatic heterocycles. The Hall–Kier alpha value is -2.53. The Kier molecular flexibility index (Phi) is 5.16. The van der Waals surface area contributed by atoms with Crippen LogP contribution in [0.5, 0.6) is 0 Å². The zero-order valence-corrected chi connectivity index (χ0v) is 16.7. The molecule has 0 amide bonds. The Bertz CT molecular complexity index is 891. The van der Waals surface area contributed by atoms with E-state index < -0.39 is 5.97 Å². The van der Waals surface area contributed by atoms with Gasteiger partial charge in [-0.05, 0) is 68.1 Å². The number of nitrogens with zero attached hydrogens (tertiary/aromatic N) is 2. The molecule has 1 heterocycles. The van der Waals surface area contributed by atoms with Crippen molar-refractivity contribution in [1.82, 2.24) is 0 Å². The van der Waals surface area contributed by atoms with Gasteiger partial charge in [0.2, 0.25) is 0 Å². The van der Waals surface area contributed by atoms with E-state index in [-0.39, 0.29) is 11.1 Å². The number of fused-ring (bicyclic) bond motifs is 1. The number of halogens is 1. The van der Waals surface area contributed by atoms with Crippen LogP contribution in [-0.2, 0) is 0 Å². The van der Waals surface area contributed by atoms with Crippen molar-refractivity contribution < 1.29 is 9.90 Å². The molecular formula is C21H24ClN3O2. The highest BCUT2D eigenvalue weighted by Crippen LogP contribution is 2.44. The van der Waals surface area contributed by atoms with Gasteiger partial charge in [0.05, 0.1) is 22.5 Å². The van der Waals surface area contributed by atoms with Crippen LogP contribution in [0.15, 0.2) is 41.5 Å². The molecule has 3 rings (SSSR count). The molecule has 0 saturated heterocycles. The molecule has 0 fully saturated rings. The number of hydrogen-bond donors (Lipinski definition) is 2. The highest BCUT2D eigenvalue weighted by Gasteiger charge is 2.34. The third kappa shape index (κ3) is 3.93. The summed E-state index contributed by atoms with van der Waals surface area (Å²) >= 11 is 6.49. The van der Waals surface area contributed by atoms with Crippen molar-refractivity contribution in [3.63, 3.8) is 0 Å². The summed E-state index contributed by atoms with van der Waals surface area (Å²) in [5.74, 6) is -0.514. The van der Waals surface area contributed by atoms with Gasteiger partial charge in [-0.15, -0.1) is 0 Å². The zero-order valence-electron chi connectivity index (χ0n) is 16.0. The van der Waals surface area contributed by atoms with Crippen LogP contribution < -0.4 is 10.3 Å². The largest absolute Gasteiger partial charge is 0.478 e. The summed E-state index contributed by atoms with van der Waals surface area (Å²) in [6, 6.07) is 10.5. The van der Waals surface area contributed by atoms with Crippen molar-refractivity contribution in [2.45, 2.75) is 38.6 Å². The van der Waals surface area contributed by atoms with Crippen LogP contribution in [-0.4, -0.2) is 29.9 Å². The van der Waals surface area contributed by atoms with Gasteiger partial charge in [0, 0.05) is 23.8 Å². The third-order valence-electron chi connectivity index (χ3n) is 5.28. The summed E-state index contributed by atoms with van der Waals surface area (Å²) in [6.07, 6.45) is 2.77. The molecule has 27 heavy (non-hydrogen) atoms. The van der Waals surface area contributed by atoms with Gasteiger partial charge in [-0.25, -0.2) is 4.79 Å². The molecule has 1 aliphatic rings. The molecule has 0 bridgehead atoms. The molecule has 0 spiro atoms. The second kappa shape index (κ2) is 7.24. The summed E-state index contributed by atoms with van der Waals surface area (Å²) in [5.41, 5.74) is 7.24. The smallest absolute Gasteiger partial charge is 0.335 e. The first-order valence-electron chi connectivity index (χ1n) is 8.89. The molecule has 2 N–H and O–H groups in total. The Morgan fingerprint density at radius 3 is 2.63 bits per heavy atom. The van der Waals surface area contributed by atoms with Gasteiger partial charge in [0.15, 0.2) is 0 Å². The highest BCUT2D eigenvalue weighted by molar-refractivity contribution is 6.33. The van der Waals surface area contributed by atoms with Gasteiger partial charge in [0.25, 0.3) is 0 Å². The molecule has 142 valence electrons. The molecule has 2 aromatic rings. The number of anilines is 2. The standard InChI is InChI=1S/C21H24ClN3O2/c1-13-11-21(2,3)25(4)19-10-18(22)15(9-17(13)19)12-23-24-16-7-5-14(6-8-16)20(26)27/h5-10,12-13,24H,11H2,1-4H3,(H,26,27)/b23-12+/t13-/m0/s1. The summed E-state index contributed by atoms with van der Waals surface area (Å²) in [4.78, 5) is 13.2. The minimum absolute atomic E-state index is 0.0923. The van der Waals surface area contributed by atoms with E-state index in [1.54, 1.807) is 18.3 Å². The normalized spacial score (nSPS) is 18.4. The number of carbonyl (C=O) groups is 1. The van der Waals surface area contributed by atoms with Gasteiger partial charge in [-0.1, -0.05) is 18.5 Å². The molecule has 1 aliphatic heterocycles. The molecule has 0 aliphatic carbocycles. The first-order valence-corrected chi connectivity index (χ1v) is 9.26. The van der Waals surface area contributed by atoms with Crippen LogP contribution in [0.2, 0.25) is 5.02 Å². The van der Waals surface area contributed by atoms with Gasteiger partial charge in [0.1, 0.15) is 0 Å². The van der Waals surface area contributed by atoms with E-state index in [0.717, 1.165) is 17.7 Å². The van der Waals surface area contributed by atoms with E-state index >= 15 is 0 Å². The van der Waals surface area contributed by atoms with E-state index in [0.29, 0.717) is 16.6 Å². The van der Waals surface area contributed by atoms with Crippen molar-refractivity contribution >= 4 is 35.2 Å². The summed E-state index contributed by atoms with van der Waals surface area (Å²) in [5, 5.41) is 13.8. The summed E-state index contributed by atoms with van der Waals surface area (Å²) in [7, 11) is 2.11. The number of nitrogens with one attached hydrogen (secondary N) is 1. The first kappa shape index (κ1) is 19.2. The molecule has 6 heteroatoms. The van der Waals surface area contributed by atoms with E-state index in [1.165, 1.54) is 17.7 Å². The van der Waals surface area contributed by atoms with Crippen LogP contribution in [0.3, 0.4) is 0 Å². The molecular weight excluding hydrogens is 362 g/mol. The molecule has 0 radical (unpaired) electrons. The number of rotatable bonds is 4. The van der Waals surface area contributed by atoms with Crippen LogP contribution in [0.1, 0.15) is 54.6 Å². The molecule has 0 unspecified atom stereocenters. The number of hydrogen-bond acceptors (Lipinski definition) is 4. The van der Waals surface area contributed by atoms with Crippen LogP contribution in [0.4, 0.5) is 11.4 Å². The fourth-order valence-corrected chi connectivity index (χ4v) is 3.77. The Morgan fingerprint density at radius 1 is 1.33 bits per heavy atom. The first-order chi connectivity index (χ1) is 12.7. The van der Waals surface area contributed by atoms with Crippen LogP contribution in [0.25, 0.3) is 0 Å². The number of benzene rings is 2. The summed E-state index contributed by atoms with van der Waals surface area (Å²) in [6.45, 7) is 6.73. The highest BCUT2D eigenvalue weighted by atomic mass is 35.5. The molecule has 2 aromatic carbocycles. The van der Waals surface area contributed by atoms with Crippen LogP contribution in [0, 0.1) is 0 Å². The monoisotopic (exact) mass is 385 g/mol.